The van der Waals surface area contributed by atoms with E-state index < -0.39 is 6.10 Å². The minimum atomic E-state index is -0.778. The van der Waals surface area contributed by atoms with Gasteiger partial charge in [0.15, 0.2) is 6.10 Å². The highest BCUT2D eigenvalue weighted by atomic mass is 16.6. The molecule has 0 spiro atoms. The molecule has 1 atom stereocenters. The summed E-state index contributed by atoms with van der Waals surface area (Å²) < 4.78 is 16.9. The Balaban J connectivity index is 4.14. The van der Waals surface area contributed by atoms with Gasteiger partial charge in [-0.1, -0.05) is 306 Å². The van der Waals surface area contributed by atoms with Crippen LogP contribution in [-0.4, -0.2) is 37.2 Å². The number of esters is 3. The van der Waals surface area contributed by atoms with Crippen molar-refractivity contribution in [3.05, 3.63) is 72.9 Å². The molecule has 0 aromatic rings. The molecule has 0 aromatic carbocycles. The van der Waals surface area contributed by atoms with E-state index >= 15 is 0 Å². The predicted molar refractivity (Wildman–Crippen MR) is 344 cm³/mol. The first-order valence-corrected chi connectivity index (χ1v) is 34.4. The van der Waals surface area contributed by atoms with Crippen LogP contribution in [0, 0.1) is 0 Å². The Labute approximate surface area is 491 Å². The molecule has 0 aliphatic carbocycles. The van der Waals surface area contributed by atoms with Gasteiger partial charge in [-0.15, -0.1) is 0 Å². The van der Waals surface area contributed by atoms with Crippen molar-refractivity contribution >= 4 is 17.9 Å². The lowest BCUT2D eigenvalue weighted by atomic mass is 10.0. The summed E-state index contributed by atoms with van der Waals surface area (Å²) in [4.78, 5) is 38.3. The lowest BCUT2D eigenvalue weighted by Gasteiger charge is -2.18. The van der Waals surface area contributed by atoms with Crippen LogP contribution in [0.2, 0.25) is 0 Å². The fourth-order valence-electron chi connectivity index (χ4n) is 10.0. The molecule has 458 valence electrons. The molecule has 0 heterocycles. The zero-order chi connectivity index (χ0) is 57.1. The second-order valence-corrected chi connectivity index (χ2v) is 23.1. The highest BCUT2D eigenvalue weighted by Crippen LogP contribution is 2.18. The van der Waals surface area contributed by atoms with Crippen LogP contribution in [-0.2, 0) is 28.6 Å². The van der Waals surface area contributed by atoms with Crippen molar-refractivity contribution in [1.29, 1.82) is 0 Å². The first-order valence-electron chi connectivity index (χ1n) is 34.4. The largest absolute Gasteiger partial charge is 0.462 e. The maximum atomic E-state index is 12.9. The summed E-state index contributed by atoms with van der Waals surface area (Å²) in [6.07, 6.45) is 87.9. The van der Waals surface area contributed by atoms with E-state index in [2.05, 4.69) is 93.7 Å². The van der Waals surface area contributed by atoms with E-state index in [0.717, 1.165) is 89.9 Å². The van der Waals surface area contributed by atoms with Crippen molar-refractivity contribution in [2.75, 3.05) is 13.2 Å². The quantitative estimate of drug-likeness (QED) is 0.0261. The second kappa shape index (κ2) is 67.4. The predicted octanol–water partition coefficient (Wildman–Crippen LogP) is 23.7. The minimum Gasteiger partial charge on any atom is -0.462 e. The van der Waals surface area contributed by atoms with Crippen LogP contribution in [0.4, 0.5) is 0 Å². The van der Waals surface area contributed by atoms with E-state index in [0.29, 0.717) is 19.3 Å². The van der Waals surface area contributed by atoms with Crippen LogP contribution in [0.5, 0.6) is 0 Å². The molecular formula is C73H130O6. The fourth-order valence-corrected chi connectivity index (χ4v) is 10.0. The number of hydrogen-bond acceptors (Lipinski definition) is 6. The molecule has 6 nitrogen and oxygen atoms in total. The summed E-state index contributed by atoms with van der Waals surface area (Å²) in [5, 5.41) is 0. The number of ether oxygens (including phenoxy) is 3. The minimum absolute atomic E-state index is 0.0746. The number of carbonyl (C=O) groups is 3. The van der Waals surface area contributed by atoms with Crippen LogP contribution in [0.25, 0.3) is 0 Å². The maximum absolute atomic E-state index is 12.9. The molecule has 0 bridgehead atoms. The van der Waals surface area contributed by atoms with Crippen LogP contribution in [0.1, 0.15) is 355 Å². The van der Waals surface area contributed by atoms with Gasteiger partial charge in [-0.3, -0.25) is 14.4 Å². The lowest BCUT2D eigenvalue weighted by molar-refractivity contribution is -0.167. The molecular weight excluding hydrogens is 973 g/mol. The van der Waals surface area contributed by atoms with Crippen molar-refractivity contribution < 1.29 is 28.6 Å². The summed E-state index contributed by atoms with van der Waals surface area (Å²) >= 11 is 0. The summed E-state index contributed by atoms with van der Waals surface area (Å²) in [6.45, 7) is 6.52. The van der Waals surface area contributed by atoms with E-state index in [1.807, 2.05) is 0 Å². The third-order valence-corrected chi connectivity index (χ3v) is 15.2. The molecule has 0 rings (SSSR count). The third kappa shape index (κ3) is 65.5. The van der Waals surface area contributed by atoms with Gasteiger partial charge in [0.05, 0.1) is 0 Å². The zero-order valence-electron chi connectivity index (χ0n) is 52.6. The Morgan fingerprint density at radius 3 is 0.823 bits per heavy atom. The van der Waals surface area contributed by atoms with Gasteiger partial charge in [-0.05, 0) is 103 Å². The summed E-state index contributed by atoms with van der Waals surface area (Å²) in [7, 11) is 0. The molecule has 0 aliphatic rings. The topological polar surface area (TPSA) is 78.9 Å². The molecule has 6 heteroatoms. The van der Waals surface area contributed by atoms with Gasteiger partial charge in [-0.2, -0.15) is 0 Å². The Morgan fingerprint density at radius 2 is 0.506 bits per heavy atom. The van der Waals surface area contributed by atoms with Gasteiger partial charge in [0.2, 0.25) is 0 Å². The van der Waals surface area contributed by atoms with E-state index in [-0.39, 0.29) is 31.1 Å². The molecule has 0 aromatic heterocycles. The zero-order valence-corrected chi connectivity index (χ0v) is 52.6. The van der Waals surface area contributed by atoms with Crippen molar-refractivity contribution in [3.63, 3.8) is 0 Å². The van der Waals surface area contributed by atoms with Crippen molar-refractivity contribution in [2.24, 2.45) is 0 Å². The van der Waals surface area contributed by atoms with E-state index in [4.69, 9.17) is 14.2 Å². The van der Waals surface area contributed by atoms with Crippen molar-refractivity contribution in [1.82, 2.24) is 0 Å². The first kappa shape index (κ1) is 75.8. The van der Waals surface area contributed by atoms with E-state index in [9.17, 15) is 14.4 Å². The number of rotatable bonds is 63. The summed E-state index contributed by atoms with van der Waals surface area (Å²) in [5.41, 5.74) is 0. The van der Waals surface area contributed by atoms with Gasteiger partial charge in [-0.25, -0.2) is 0 Å². The fraction of sp³-hybridized carbons (Fsp3) is 0.795. The average Bonchev–Trinajstić information content (AvgIpc) is 3.45. The molecule has 0 amide bonds. The monoisotopic (exact) mass is 1100 g/mol. The molecule has 79 heavy (non-hydrogen) atoms. The number of carbonyl (C=O) groups excluding carboxylic acids is 3. The number of hydrogen-bond donors (Lipinski definition) is 0. The normalized spacial score (nSPS) is 12.5. The Hall–Kier alpha value is -3.15. The maximum Gasteiger partial charge on any atom is 0.306 e. The molecule has 0 fully saturated rings. The van der Waals surface area contributed by atoms with Crippen LogP contribution < -0.4 is 0 Å². The summed E-state index contributed by atoms with van der Waals surface area (Å²) in [5.74, 6) is -0.868. The smallest absolute Gasteiger partial charge is 0.306 e. The molecule has 1 unspecified atom stereocenters. The third-order valence-electron chi connectivity index (χ3n) is 15.2. The molecule has 0 N–H and O–H groups in total. The summed E-state index contributed by atoms with van der Waals surface area (Å²) in [6, 6.07) is 0. The highest BCUT2D eigenvalue weighted by Gasteiger charge is 2.19. The highest BCUT2D eigenvalue weighted by molar-refractivity contribution is 5.71. The molecule has 0 radical (unpaired) electrons. The molecule has 0 saturated carbocycles. The average molecular weight is 1100 g/mol. The van der Waals surface area contributed by atoms with E-state index in [1.165, 1.54) is 225 Å². The van der Waals surface area contributed by atoms with Crippen LogP contribution in [0.15, 0.2) is 72.9 Å². The van der Waals surface area contributed by atoms with Gasteiger partial charge in [0, 0.05) is 19.3 Å². The number of allylic oxidation sites excluding steroid dienone is 12. The lowest BCUT2D eigenvalue weighted by Crippen LogP contribution is -2.30. The Bertz CT molecular complexity index is 1450. The Morgan fingerprint density at radius 1 is 0.266 bits per heavy atom. The van der Waals surface area contributed by atoms with Gasteiger partial charge in [0.1, 0.15) is 13.2 Å². The van der Waals surface area contributed by atoms with Gasteiger partial charge in [0.25, 0.3) is 0 Å². The van der Waals surface area contributed by atoms with Gasteiger partial charge >= 0.3 is 17.9 Å². The molecule has 0 aliphatic heterocycles. The second-order valence-electron chi connectivity index (χ2n) is 23.1. The molecule has 0 saturated heterocycles. The van der Waals surface area contributed by atoms with Crippen LogP contribution in [0.3, 0.4) is 0 Å². The standard InChI is InChI=1S/C73H130O6/c1-4-7-10-13-16-19-22-24-26-28-30-31-32-33-34-35-36-37-38-39-40-41-43-44-46-48-51-54-57-60-63-66-72(75)78-69-70(68-77-71(74)65-62-59-56-53-50-21-18-15-12-9-6-3)79-73(76)67-64-61-58-55-52-49-47-45-42-29-27-25-23-20-17-14-11-8-5-2/h7,10,15-16,18-19,24-27,30-31,70H,4-6,8-9,11-14,17,20-23,28-29,32-69H2,1-3H3/b10-7-,18-15-,19-16-,26-24-,27-25-,31-30-. The SMILES string of the molecule is CC/C=C\C/C=C\C/C=C\C/C=C\CCCCCCCCCCCCCCCCCCCCC(=O)OCC(COC(=O)CCCCCCC/C=C\CCCC)OC(=O)CCCCCCCCCCC/C=C\CCCCCCCC. The van der Waals surface area contributed by atoms with Crippen LogP contribution >= 0.6 is 0 Å². The van der Waals surface area contributed by atoms with Crippen molar-refractivity contribution in [2.45, 2.75) is 361 Å². The Kier molecular flexibility index (Phi) is 64.7. The number of unbranched alkanes of at least 4 members (excludes halogenated alkanes) is 40. The van der Waals surface area contributed by atoms with E-state index in [1.54, 1.807) is 0 Å². The first-order chi connectivity index (χ1) is 39.0. The van der Waals surface area contributed by atoms with Crippen molar-refractivity contribution in [3.8, 4) is 0 Å². The van der Waals surface area contributed by atoms with Gasteiger partial charge < -0.3 is 14.2 Å².